The van der Waals surface area contributed by atoms with E-state index in [1.807, 2.05) is 6.92 Å². The van der Waals surface area contributed by atoms with Crippen molar-refractivity contribution in [3.8, 4) is 11.8 Å². The van der Waals surface area contributed by atoms with Crippen molar-refractivity contribution in [1.29, 1.82) is 5.26 Å². The lowest BCUT2D eigenvalue weighted by molar-refractivity contribution is 0.232. The minimum atomic E-state index is -0.334. The summed E-state index contributed by atoms with van der Waals surface area (Å²) in [5, 5.41) is 20.7. The van der Waals surface area contributed by atoms with E-state index >= 15 is 0 Å². The molecule has 1 aromatic heterocycles. The molecule has 4 N–H and O–H groups in total. The standard InChI is InChI=1S/C23H33FN8.HI/c1-2-27-23(29-13-16-31-14-4-3-5-15-31)28-12-6-7-21-20(17-25)22(26)32(30-21)19-10-8-18(24)9-11-19;/h8-11H,2-7,12-16,26H2,1H3,(H2,27,28,29);1H. The van der Waals surface area contributed by atoms with E-state index in [9.17, 15) is 9.65 Å². The molecule has 0 unspecified atom stereocenters. The van der Waals surface area contributed by atoms with Gasteiger partial charge in [0.2, 0.25) is 0 Å². The number of hydrogen-bond donors (Lipinski definition) is 3. The van der Waals surface area contributed by atoms with Crippen molar-refractivity contribution < 1.29 is 4.39 Å². The first-order valence-corrected chi connectivity index (χ1v) is 11.4. The molecule has 0 spiro atoms. The first-order valence-electron chi connectivity index (χ1n) is 11.4. The van der Waals surface area contributed by atoms with Crippen molar-refractivity contribution in [2.75, 3.05) is 45.0 Å². The number of nitriles is 1. The van der Waals surface area contributed by atoms with Crippen molar-refractivity contribution in [2.45, 2.75) is 39.0 Å². The van der Waals surface area contributed by atoms with E-state index in [2.05, 4.69) is 31.7 Å². The second-order valence-electron chi connectivity index (χ2n) is 7.90. The van der Waals surface area contributed by atoms with Crippen molar-refractivity contribution >= 4 is 35.8 Å². The van der Waals surface area contributed by atoms with E-state index in [4.69, 9.17) is 5.73 Å². The number of nitrogens with zero attached hydrogens (tertiary/aromatic N) is 5. The Hall–Kier alpha value is -2.39. The normalized spacial score (nSPS) is 14.4. The Morgan fingerprint density at radius 2 is 1.94 bits per heavy atom. The number of aromatic nitrogens is 2. The van der Waals surface area contributed by atoms with Gasteiger partial charge in [0.05, 0.1) is 11.4 Å². The average Bonchev–Trinajstić information content (AvgIpc) is 3.13. The van der Waals surface area contributed by atoms with Crippen LogP contribution in [0.1, 0.15) is 43.9 Å². The number of nitrogen functional groups attached to an aromatic ring is 1. The van der Waals surface area contributed by atoms with Crippen LogP contribution in [-0.2, 0) is 6.42 Å². The Labute approximate surface area is 212 Å². The predicted octanol–water partition coefficient (Wildman–Crippen LogP) is 3.06. The second kappa shape index (κ2) is 14.0. The van der Waals surface area contributed by atoms with Crippen molar-refractivity contribution in [1.82, 2.24) is 25.3 Å². The Morgan fingerprint density at radius 1 is 1.21 bits per heavy atom. The molecule has 1 aliphatic rings. The average molecular weight is 568 g/mol. The highest BCUT2D eigenvalue weighted by Gasteiger charge is 2.16. The van der Waals surface area contributed by atoms with Crippen LogP contribution in [-0.4, -0.2) is 59.9 Å². The number of nitrogens with two attached hydrogens (primary N) is 1. The third-order valence-corrected chi connectivity index (χ3v) is 5.53. The molecule has 0 amide bonds. The van der Waals surface area contributed by atoms with E-state index in [0.717, 1.165) is 32.0 Å². The number of piperidine rings is 1. The molecule has 33 heavy (non-hydrogen) atoms. The SMILES string of the molecule is CCNC(=NCCCc1nn(-c2ccc(F)cc2)c(N)c1C#N)NCCN1CCCCC1.I. The van der Waals surface area contributed by atoms with Crippen LogP contribution in [0.15, 0.2) is 29.3 Å². The summed E-state index contributed by atoms with van der Waals surface area (Å²) >= 11 is 0. The fourth-order valence-electron chi connectivity index (χ4n) is 3.85. The Bertz CT molecular complexity index is 929. The van der Waals surface area contributed by atoms with Gasteiger partial charge in [-0.2, -0.15) is 10.4 Å². The number of anilines is 1. The van der Waals surface area contributed by atoms with E-state index in [-0.39, 0.29) is 35.6 Å². The number of guanidine groups is 1. The number of aliphatic imine (C=N–C) groups is 1. The third kappa shape index (κ3) is 7.85. The van der Waals surface area contributed by atoms with Crippen molar-refractivity contribution in [3.63, 3.8) is 0 Å². The van der Waals surface area contributed by atoms with E-state index < -0.39 is 0 Å². The molecule has 0 saturated carbocycles. The summed E-state index contributed by atoms with van der Waals surface area (Å²) in [6.45, 7) is 7.71. The van der Waals surface area contributed by atoms with Crippen LogP contribution in [0.3, 0.4) is 0 Å². The van der Waals surface area contributed by atoms with Gasteiger partial charge in [-0.3, -0.25) is 4.99 Å². The molecule has 2 aromatic rings. The summed E-state index contributed by atoms with van der Waals surface area (Å²) < 4.78 is 14.7. The maximum Gasteiger partial charge on any atom is 0.191 e. The quantitative estimate of drug-likeness (QED) is 0.186. The number of aryl methyl sites for hydroxylation is 1. The molecule has 2 heterocycles. The van der Waals surface area contributed by atoms with Crippen LogP contribution in [0.5, 0.6) is 0 Å². The van der Waals surface area contributed by atoms with Crippen molar-refractivity contribution in [2.24, 2.45) is 4.99 Å². The molecule has 10 heteroatoms. The zero-order valence-corrected chi connectivity index (χ0v) is 21.5. The smallest absolute Gasteiger partial charge is 0.191 e. The molecule has 0 bridgehead atoms. The number of rotatable bonds is 9. The fourth-order valence-corrected chi connectivity index (χ4v) is 3.85. The monoisotopic (exact) mass is 568 g/mol. The van der Waals surface area contributed by atoms with Gasteiger partial charge in [0, 0.05) is 26.2 Å². The topological polar surface area (TPSA) is 107 Å². The Morgan fingerprint density at radius 3 is 2.61 bits per heavy atom. The molecule has 1 aromatic carbocycles. The highest BCUT2D eigenvalue weighted by atomic mass is 127. The van der Waals surface area contributed by atoms with E-state index in [0.29, 0.717) is 29.9 Å². The second-order valence-corrected chi connectivity index (χ2v) is 7.90. The lowest BCUT2D eigenvalue weighted by Gasteiger charge is -2.26. The first-order chi connectivity index (χ1) is 15.6. The molecule has 1 fully saturated rings. The molecule has 1 aliphatic heterocycles. The third-order valence-electron chi connectivity index (χ3n) is 5.53. The number of hydrogen-bond acceptors (Lipinski definition) is 5. The zero-order valence-electron chi connectivity index (χ0n) is 19.2. The van der Waals surface area contributed by atoms with Crippen LogP contribution < -0.4 is 16.4 Å². The van der Waals surface area contributed by atoms with Crippen molar-refractivity contribution in [3.05, 3.63) is 41.3 Å². The number of halogens is 2. The minimum absolute atomic E-state index is 0. The Kier molecular flexibility index (Phi) is 11.4. The van der Waals surface area contributed by atoms with Gasteiger partial charge in [-0.05, 0) is 70.0 Å². The zero-order chi connectivity index (χ0) is 22.8. The van der Waals surface area contributed by atoms with Gasteiger partial charge in [-0.1, -0.05) is 6.42 Å². The number of nitrogens with one attached hydrogen (secondary N) is 2. The number of likely N-dealkylation sites (tertiary alicyclic amines) is 1. The van der Waals surface area contributed by atoms with Gasteiger partial charge in [0.15, 0.2) is 5.96 Å². The summed E-state index contributed by atoms with van der Waals surface area (Å²) in [7, 11) is 0. The van der Waals surface area contributed by atoms with Gasteiger partial charge < -0.3 is 21.3 Å². The van der Waals surface area contributed by atoms with Gasteiger partial charge in [0.25, 0.3) is 0 Å². The van der Waals surface area contributed by atoms with Crippen LogP contribution in [0.25, 0.3) is 5.69 Å². The van der Waals surface area contributed by atoms with Crippen LogP contribution in [0.4, 0.5) is 10.2 Å². The van der Waals surface area contributed by atoms with E-state index in [1.165, 1.54) is 49.2 Å². The minimum Gasteiger partial charge on any atom is -0.382 e. The van der Waals surface area contributed by atoms with Gasteiger partial charge in [-0.25, -0.2) is 9.07 Å². The number of benzene rings is 1. The van der Waals surface area contributed by atoms with Gasteiger partial charge >= 0.3 is 0 Å². The largest absolute Gasteiger partial charge is 0.382 e. The molecule has 1 saturated heterocycles. The molecule has 0 radical (unpaired) electrons. The molecule has 180 valence electrons. The van der Waals surface area contributed by atoms with Crippen LogP contribution >= 0.6 is 24.0 Å². The molecular weight excluding hydrogens is 534 g/mol. The predicted molar refractivity (Wildman–Crippen MR) is 141 cm³/mol. The summed E-state index contributed by atoms with van der Waals surface area (Å²) in [6.07, 6.45) is 5.24. The maximum atomic E-state index is 13.2. The molecule has 0 aliphatic carbocycles. The van der Waals surface area contributed by atoms with Crippen LogP contribution in [0, 0.1) is 17.1 Å². The molecule has 3 rings (SSSR count). The molecule has 0 atom stereocenters. The lowest BCUT2D eigenvalue weighted by atomic mass is 10.1. The Balaban J connectivity index is 0.00000385. The maximum absolute atomic E-state index is 13.2. The molecular formula is C23H34FIN8. The van der Waals surface area contributed by atoms with E-state index in [1.54, 1.807) is 12.1 Å². The molecule has 8 nitrogen and oxygen atoms in total. The summed E-state index contributed by atoms with van der Waals surface area (Å²) in [6, 6.07) is 8.02. The van der Waals surface area contributed by atoms with Crippen LogP contribution in [0.2, 0.25) is 0 Å². The highest BCUT2D eigenvalue weighted by molar-refractivity contribution is 14.0. The fraction of sp³-hybridized carbons (Fsp3) is 0.522. The summed E-state index contributed by atoms with van der Waals surface area (Å²) in [4.78, 5) is 7.14. The van der Waals surface area contributed by atoms with Gasteiger partial charge in [-0.15, -0.1) is 24.0 Å². The summed E-state index contributed by atoms with van der Waals surface area (Å²) in [5.74, 6) is 0.741. The van der Waals surface area contributed by atoms with Gasteiger partial charge in [0.1, 0.15) is 23.3 Å². The summed E-state index contributed by atoms with van der Waals surface area (Å²) in [5.41, 5.74) is 7.75. The lowest BCUT2D eigenvalue weighted by Crippen LogP contribution is -2.42. The highest BCUT2D eigenvalue weighted by Crippen LogP contribution is 2.21. The first kappa shape index (κ1) is 26.9.